The number of morpholine rings is 1. The molecule has 0 saturated carbocycles. The molecule has 0 spiro atoms. The van der Waals surface area contributed by atoms with E-state index in [1.165, 1.54) is 6.42 Å². The number of rotatable bonds is 11. The predicted octanol–water partition coefficient (Wildman–Crippen LogP) is 2.58. The molecule has 1 saturated heterocycles. The quantitative estimate of drug-likeness (QED) is 0.204. The molecular weight excluding hydrogens is 443 g/mol. The first-order valence-corrected chi connectivity index (χ1v) is 9.87. The molecular formula is C19H41IN4O2. The van der Waals surface area contributed by atoms with Gasteiger partial charge in [-0.25, -0.2) is 0 Å². The fourth-order valence-corrected chi connectivity index (χ4v) is 2.98. The highest BCUT2D eigenvalue weighted by molar-refractivity contribution is 14.0. The summed E-state index contributed by atoms with van der Waals surface area (Å²) in [6.45, 7) is 16.1. The van der Waals surface area contributed by atoms with Gasteiger partial charge in [-0.3, -0.25) is 9.89 Å². The van der Waals surface area contributed by atoms with Crippen LogP contribution in [0.15, 0.2) is 4.99 Å². The normalized spacial score (nSPS) is 17.3. The van der Waals surface area contributed by atoms with Crippen LogP contribution in [0.5, 0.6) is 0 Å². The van der Waals surface area contributed by atoms with E-state index in [0.717, 1.165) is 65.0 Å². The zero-order valence-corrected chi connectivity index (χ0v) is 19.8. The van der Waals surface area contributed by atoms with Gasteiger partial charge >= 0.3 is 0 Å². The molecule has 1 rings (SSSR count). The Kier molecular flexibility index (Phi) is 15.8. The van der Waals surface area contributed by atoms with Gasteiger partial charge in [-0.2, -0.15) is 0 Å². The predicted molar refractivity (Wildman–Crippen MR) is 121 cm³/mol. The SMILES string of the molecule is CN=C(NCCCOCC(C)C)NCC(CC(C)C)N1CCOCC1.I. The summed E-state index contributed by atoms with van der Waals surface area (Å²) in [7, 11) is 1.83. The first-order chi connectivity index (χ1) is 12.0. The van der Waals surface area contributed by atoms with Crippen molar-refractivity contribution in [3.8, 4) is 0 Å². The second-order valence-corrected chi connectivity index (χ2v) is 7.63. The van der Waals surface area contributed by atoms with Gasteiger partial charge in [-0.1, -0.05) is 27.7 Å². The smallest absolute Gasteiger partial charge is 0.191 e. The summed E-state index contributed by atoms with van der Waals surface area (Å²) in [6, 6.07) is 0.525. The maximum atomic E-state index is 5.61. The number of ether oxygens (including phenoxy) is 2. The number of hydrogen-bond acceptors (Lipinski definition) is 4. The molecule has 0 radical (unpaired) electrons. The Morgan fingerprint density at radius 2 is 1.81 bits per heavy atom. The highest BCUT2D eigenvalue weighted by atomic mass is 127. The number of nitrogens with zero attached hydrogens (tertiary/aromatic N) is 2. The van der Waals surface area contributed by atoms with Gasteiger partial charge in [0.25, 0.3) is 0 Å². The number of halogens is 1. The summed E-state index contributed by atoms with van der Waals surface area (Å²) >= 11 is 0. The molecule has 26 heavy (non-hydrogen) atoms. The van der Waals surface area contributed by atoms with Crippen molar-refractivity contribution in [3.05, 3.63) is 0 Å². The number of nitrogens with one attached hydrogen (secondary N) is 2. The van der Waals surface area contributed by atoms with E-state index in [1.807, 2.05) is 7.05 Å². The molecule has 1 aliphatic rings. The molecule has 0 amide bonds. The molecule has 0 aromatic rings. The van der Waals surface area contributed by atoms with Crippen LogP contribution < -0.4 is 10.6 Å². The maximum absolute atomic E-state index is 5.61. The van der Waals surface area contributed by atoms with Gasteiger partial charge in [0, 0.05) is 52.5 Å². The van der Waals surface area contributed by atoms with Crippen molar-refractivity contribution in [2.75, 3.05) is 59.7 Å². The largest absolute Gasteiger partial charge is 0.381 e. The van der Waals surface area contributed by atoms with Crippen molar-refractivity contribution >= 4 is 29.9 Å². The minimum Gasteiger partial charge on any atom is -0.381 e. The minimum absolute atomic E-state index is 0. The molecule has 2 N–H and O–H groups in total. The van der Waals surface area contributed by atoms with Gasteiger partial charge in [0.1, 0.15) is 0 Å². The van der Waals surface area contributed by atoms with Crippen LogP contribution >= 0.6 is 24.0 Å². The van der Waals surface area contributed by atoms with Crippen LogP contribution in [0.4, 0.5) is 0 Å². The zero-order chi connectivity index (χ0) is 18.5. The molecule has 1 fully saturated rings. The fourth-order valence-electron chi connectivity index (χ4n) is 2.98. The molecule has 0 aromatic carbocycles. The Hall–Kier alpha value is -0.120. The monoisotopic (exact) mass is 484 g/mol. The Labute approximate surface area is 177 Å². The molecule has 0 bridgehead atoms. The highest BCUT2D eigenvalue weighted by Gasteiger charge is 2.22. The first-order valence-electron chi connectivity index (χ1n) is 9.87. The summed E-state index contributed by atoms with van der Waals surface area (Å²) in [5, 5.41) is 6.88. The van der Waals surface area contributed by atoms with Crippen LogP contribution in [0.1, 0.15) is 40.5 Å². The van der Waals surface area contributed by atoms with Gasteiger partial charge in [0.05, 0.1) is 13.2 Å². The van der Waals surface area contributed by atoms with Crippen LogP contribution in [0.2, 0.25) is 0 Å². The van der Waals surface area contributed by atoms with Gasteiger partial charge in [-0.05, 0) is 24.7 Å². The summed E-state index contributed by atoms with van der Waals surface area (Å²) < 4.78 is 11.1. The van der Waals surface area contributed by atoms with E-state index in [9.17, 15) is 0 Å². The molecule has 1 aliphatic heterocycles. The standard InChI is InChI=1S/C19H40N4O2.HI/c1-16(2)13-18(23-8-11-24-12-9-23)14-22-19(20-5)21-7-6-10-25-15-17(3)4;/h16-18H,6-15H2,1-5H3,(H2,20,21,22);1H. The molecule has 6 nitrogen and oxygen atoms in total. The molecule has 1 unspecified atom stereocenters. The first kappa shape index (κ1) is 25.9. The maximum Gasteiger partial charge on any atom is 0.191 e. The van der Waals surface area contributed by atoms with Gasteiger partial charge in [0.2, 0.25) is 0 Å². The van der Waals surface area contributed by atoms with Gasteiger partial charge < -0.3 is 20.1 Å². The van der Waals surface area contributed by atoms with Crippen molar-refractivity contribution in [1.29, 1.82) is 0 Å². The van der Waals surface area contributed by atoms with E-state index < -0.39 is 0 Å². The molecule has 0 aliphatic carbocycles. The molecule has 156 valence electrons. The van der Waals surface area contributed by atoms with E-state index in [2.05, 4.69) is 48.2 Å². The summed E-state index contributed by atoms with van der Waals surface area (Å²) in [5.41, 5.74) is 0. The van der Waals surface area contributed by atoms with Crippen LogP contribution in [-0.2, 0) is 9.47 Å². The summed E-state index contributed by atoms with van der Waals surface area (Å²) in [5.74, 6) is 2.16. The average molecular weight is 484 g/mol. The highest BCUT2D eigenvalue weighted by Crippen LogP contribution is 2.12. The summed E-state index contributed by atoms with van der Waals surface area (Å²) in [6.07, 6.45) is 2.18. The van der Waals surface area contributed by atoms with Gasteiger partial charge in [0.15, 0.2) is 5.96 Å². The van der Waals surface area contributed by atoms with E-state index >= 15 is 0 Å². The van der Waals surface area contributed by atoms with Crippen molar-refractivity contribution in [3.63, 3.8) is 0 Å². The Bertz CT molecular complexity index is 361. The third-order valence-corrected chi connectivity index (χ3v) is 4.24. The van der Waals surface area contributed by atoms with E-state index in [1.54, 1.807) is 0 Å². The number of aliphatic imine (C=N–C) groups is 1. The lowest BCUT2D eigenvalue weighted by Crippen LogP contribution is -2.51. The molecule has 1 heterocycles. The Morgan fingerprint density at radius 3 is 2.38 bits per heavy atom. The number of guanidine groups is 1. The Balaban J connectivity index is 0.00000625. The van der Waals surface area contributed by atoms with Crippen molar-refractivity contribution < 1.29 is 9.47 Å². The van der Waals surface area contributed by atoms with Crippen molar-refractivity contribution in [2.45, 2.75) is 46.6 Å². The molecule has 7 heteroatoms. The second-order valence-electron chi connectivity index (χ2n) is 7.63. The topological polar surface area (TPSA) is 58.1 Å². The van der Waals surface area contributed by atoms with Crippen LogP contribution in [0, 0.1) is 11.8 Å². The van der Waals surface area contributed by atoms with E-state index in [0.29, 0.717) is 17.9 Å². The lowest BCUT2D eigenvalue weighted by atomic mass is 10.0. The van der Waals surface area contributed by atoms with Crippen LogP contribution in [0.25, 0.3) is 0 Å². The van der Waals surface area contributed by atoms with E-state index in [-0.39, 0.29) is 24.0 Å². The average Bonchev–Trinajstić information content (AvgIpc) is 2.59. The van der Waals surface area contributed by atoms with E-state index in [4.69, 9.17) is 9.47 Å². The number of hydrogen-bond donors (Lipinski definition) is 2. The molecule has 1 atom stereocenters. The molecule has 0 aromatic heterocycles. The minimum atomic E-state index is 0. The third kappa shape index (κ3) is 12.3. The zero-order valence-electron chi connectivity index (χ0n) is 17.4. The van der Waals surface area contributed by atoms with Crippen molar-refractivity contribution in [1.82, 2.24) is 15.5 Å². The Morgan fingerprint density at radius 1 is 1.12 bits per heavy atom. The van der Waals surface area contributed by atoms with Crippen molar-refractivity contribution in [2.24, 2.45) is 16.8 Å². The lowest BCUT2D eigenvalue weighted by molar-refractivity contribution is 0.0132. The summed E-state index contributed by atoms with van der Waals surface area (Å²) in [4.78, 5) is 6.89. The van der Waals surface area contributed by atoms with Crippen LogP contribution in [0.3, 0.4) is 0 Å². The third-order valence-electron chi connectivity index (χ3n) is 4.24. The lowest BCUT2D eigenvalue weighted by Gasteiger charge is -2.35. The van der Waals surface area contributed by atoms with Gasteiger partial charge in [-0.15, -0.1) is 24.0 Å². The second kappa shape index (κ2) is 15.9. The fraction of sp³-hybridized carbons (Fsp3) is 0.947. The van der Waals surface area contributed by atoms with Crippen LogP contribution in [-0.4, -0.2) is 76.6 Å².